The summed E-state index contributed by atoms with van der Waals surface area (Å²) in [6, 6.07) is 18.0. The lowest BCUT2D eigenvalue weighted by molar-refractivity contribution is -0.132. The molecule has 4 rings (SSSR count). The van der Waals surface area contributed by atoms with E-state index >= 15 is 0 Å². The number of hydrogen-bond donors (Lipinski definition) is 1. The molecular weight excluding hydrogens is 340 g/mol. The van der Waals surface area contributed by atoms with Crippen LogP contribution in [0.5, 0.6) is 0 Å². The second-order valence-corrected chi connectivity index (χ2v) is 7.10. The van der Waals surface area contributed by atoms with Gasteiger partial charge in [0.2, 0.25) is 5.91 Å². The van der Waals surface area contributed by atoms with Crippen LogP contribution in [0.4, 0.5) is 0 Å². The number of carbonyl (C=O) groups is 1. The van der Waals surface area contributed by atoms with Gasteiger partial charge in [-0.05, 0) is 11.6 Å². The molecule has 1 aromatic heterocycles. The number of rotatable bonds is 4. The van der Waals surface area contributed by atoms with Crippen molar-refractivity contribution in [1.82, 2.24) is 19.6 Å². The Bertz CT molecular complexity index is 876. The number of aromatic nitrogens is 2. The minimum atomic E-state index is -0.545. The Kier molecular flexibility index (Phi) is 5.18. The van der Waals surface area contributed by atoms with Crippen LogP contribution in [-0.4, -0.2) is 62.9 Å². The van der Waals surface area contributed by atoms with Crippen LogP contribution >= 0.6 is 0 Å². The van der Waals surface area contributed by atoms with Gasteiger partial charge in [0.1, 0.15) is 6.54 Å². The van der Waals surface area contributed by atoms with Crippen LogP contribution in [0.2, 0.25) is 0 Å². The maximum atomic E-state index is 12.7. The lowest BCUT2D eigenvalue weighted by Crippen LogP contribution is -2.39. The van der Waals surface area contributed by atoms with Crippen LogP contribution < -0.4 is 0 Å². The summed E-state index contributed by atoms with van der Waals surface area (Å²) in [5.74, 6) is -0.0107. The van der Waals surface area contributed by atoms with Crippen LogP contribution in [0.3, 0.4) is 0 Å². The van der Waals surface area contributed by atoms with Crippen molar-refractivity contribution < 1.29 is 9.90 Å². The van der Waals surface area contributed by atoms with Crippen LogP contribution in [0.15, 0.2) is 60.8 Å². The molecule has 0 unspecified atom stereocenters. The highest BCUT2D eigenvalue weighted by atomic mass is 16.3. The first-order valence-corrected chi connectivity index (χ1v) is 9.32. The molecule has 1 fully saturated rings. The first-order chi connectivity index (χ1) is 13.2. The molecule has 0 aliphatic carbocycles. The number of hydrogen-bond acceptors (Lipinski definition) is 4. The highest BCUT2D eigenvalue weighted by Gasteiger charge is 2.24. The zero-order chi connectivity index (χ0) is 18.6. The van der Waals surface area contributed by atoms with Gasteiger partial charge in [0.25, 0.3) is 0 Å². The van der Waals surface area contributed by atoms with Gasteiger partial charge in [-0.1, -0.05) is 48.5 Å². The summed E-state index contributed by atoms with van der Waals surface area (Å²) in [6.07, 6.45) is 1.35. The summed E-state index contributed by atoms with van der Waals surface area (Å²) in [6.45, 7) is 3.28. The standard InChI is InChI=1S/C21H24N4O2/c26-19-14-23(12-17-6-2-1-3-7-17)10-11-24(15-19)21(27)16-25-13-18-8-4-5-9-20(18)22-25/h1-9,13,19,26H,10-12,14-16H2/t19-/m0/s1. The van der Waals surface area contributed by atoms with Crippen LogP contribution in [0.1, 0.15) is 5.56 Å². The fourth-order valence-electron chi connectivity index (χ4n) is 3.60. The summed E-state index contributed by atoms with van der Waals surface area (Å²) >= 11 is 0. The van der Waals surface area contributed by atoms with Gasteiger partial charge in [0.05, 0.1) is 11.6 Å². The van der Waals surface area contributed by atoms with Gasteiger partial charge < -0.3 is 10.0 Å². The highest BCUT2D eigenvalue weighted by Crippen LogP contribution is 2.13. The fourth-order valence-corrected chi connectivity index (χ4v) is 3.60. The SMILES string of the molecule is O=C(Cn1cc2ccccc2n1)N1CCN(Cc2ccccc2)C[C@H](O)C1. The first kappa shape index (κ1) is 17.7. The molecule has 0 bridgehead atoms. The lowest BCUT2D eigenvalue weighted by Gasteiger charge is -2.22. The molecule has 2 aromatic carbocycles. The second kappa shape index (κ2) is 7.90. The van der Waals surface area contributed by atoms with Crippen molar-refractivity contribution in [3.8, 4) is 0 Å². The van der Waals surface area contributed by atoms with Crippen molar-refractivity contribution in [2.24, 2.45) is 0 Å². The van der Waals surface area contributed by atoms with E-state index in [2.05, 4.69) is 22.1 Å². The monoisotopic (exact) mass is 364 g/mol. The molecule has 0 saturated carbocycles. The fraction of sp³-hybridized carbons (Fsp3) is 0.333. The Balaban J connectivity index is 1.39. The summed E-state index contributed by atoms with van der Waals surface area (Å²) in [5.41, 5.74) is 2.10. The molecule has 1 saturated heterocycles. The smallest absolute Gasteiger partial charge is 0.244 e. The summed E-state index contributed by atoms with van der Waals surface area (Å²) in [5, 5.41) is 15.9. The maximum absolute atomic E-state index is 12.7. The van der Waals surface area contributed by atoms with Crippen LogP contribution in [-0.2, 0) is 17.9 Å². The lowest BCUT2D eigenvalue weighted by atomic mass is 10.2. The Morgan fingerprint density at radius 3 is 2.63 bits per heavy atom. The summed E-state index contributed by atoms with van der Waals surface area (Å²) < 4.78 is 1.69. The van der Waals surface area contributed by atoms with Gasteiger partial charge in [0, 0.05) is 44.3 Å². The van der Waals surface area contributed by atoms with Crippen molar-refractivity contribution in [3.05, 3.63) is 66.4 Å². The Morgan fingerprint density at radius 1 is 1.04 bits per heavy atom. The number of aliphatic hydroxyl groups excluding tert-OH is 1. The second-order valence-electron chi connectivity index (χ2n) is 7.10. The molecule has 1 atom stereocenters. The number of β-amino-alcohol motifs (C(OH)–C–C–N with tert-alkyl or cyclic N) is 1. The van der Waals surface area contributed by atoms with Gasteiger partial charge in [-0.15, -0.1) is 0 Å². The van der Waals surface area contributed by atoms with E-state index in [0.717, 1.165) is 24.0 Å². The molecule has 0 radical (unpaired) electrons. The topological polar surface area (TPSA) is 61.6 Å². The van der Waals surface area contributed by atoms with E-state index in [4.69, 9.17) is 0 Å². The van der Waals surface area contributed by atoms with E-state index in [0.29, 0.717) is 19.6 Å². The quantitative estimate of drug-likeness (QED) is 0.766. The number of carbonyl (C=O) groups excluding carboxylic acids is 1. The van der Waals surface area contributed by atoms with E-state index in [-0.39, 0.29) is 12.5 Å². The zero-order valence-corrected chi connectivity index (χ0v) is 15.2. The van der Waals surface area contributed by atoms with Crippen LogP contribution in [0.25, 0.3) is 10.9 Å². The molecule has 140 valence electrons. The Hall–Kier alpha value is -2.70. The minimum Gasteiger partial charge on any atom is -0.390 e. The first-order valence-electron chi connectivity index (χ1n) is 9.32. The summed E-state index contributed by atoms with van der Waals surface area (Å²) in [7, 11) is 0. The third-order valence-corrected chi connectivity index (χ3v) is 4.95. The van der Waals surface area contributed by atoms with Gasteiger partial charge in [0.15, 0.2) is 0 Å². The van der Waals surface area contributed by atoms with Gasteiger partial charge in [-0.2, -0.15) is 5.10 Å². The highest BCUT2D eigenvalue weighted by molar-refractivity contribution is 5.80. The molecule has 1 amide bonds. The van der Waals surface area contributed by atoms with Gasteiger partial charge in [-0.25, -0.2) is 0 Å². The van der Waals surface area contributed by atoms with Gasteiger partial charge >= 0.3 is 0 Å². The third-order valence-electron chi connectivity index (χ3n) is 4.95. The molecule has 2 heterocycles. The van der Waals surface area contributed by atoms with E-state index in [1.807, 2.05) is 48.7 Å². The van der Waals surface area contributed by atoms with Crippen molar-refractivity contribution in [1.29, 1.82) is 0 Å². The van der Waals surface area contributed by atoms with E-state index in [9.17, 15) is 9.90 Å². The number of nitrogens with zero attached hydrogens (tertiary/aromatic N) is 4. The molecule has 6 nitrogen and oxygen atoms in total. The summed E-state index contributed by atoms with van der Waals surface area (Å²) in [4.78, 5) is 16.7. The number of benzene rings is 2. The van der Waals surface area contributed by atoms with Gasteiger partial charge in [-0.3, -0.25) is 14.4 Å². The maximum Gasteiger partial charge on any atom is 0.244 e. The average Bonchev–Trinajstić information content (AvgIpc) is 2.98. The predicted molar refractivity (Wildman–Crippen MR) is 104 cm³/mol. The Morgan fingerprint density at radius 2 is 1.81 bits per heavy atom. The average molecular weight is 364 g/mol. The molecular formula is C21H24N4O2. The normalized spacial score (nSPS) is 18.6. The molecule has 1 aliphatic rings. The molecule has 1 aliphatic heterocycles. The minimum absolute atomic E-state index is 0.0107. The molecule has 3 aromatic rings. The number of amides is 1. The third kappa shape index (κ3) is 4.35. The van der Waals surface area contributed by atoms with Crippen molar-refractivity contribution >= 4 is 16.8 Å². The molecule has 0 spiro atoms. The number of aliphatic hydroxyl groups is 1. The largest absolute Gasteiger partial charge is 0.390 e. The molecule has 27 heavy (non-hydrogen) atoms. The van der Waals surface area contributed by atoms with Crippen molar-refractivity contribution in [2.45, 2.75) is 19.2 Å². The predicted octanol–water partition coefficient (Wildman–Crippen LogP) is 1.74. The molecule has 6 heteroatoms. The number of fused-ring (bicyclic) bond motifs is 1. The zero-order valence-electron chi connectivity index (χ0n) is 15.2. The van der Waals surface area contributed by atoms with E-state index < -0.39 is 6.10 Å². The van der Waals surface area contributed by atoms with Crippen LogP contribution in [0, 0.1) is 0 Å². The van der Waals surface area contributed by atoms with Crippen molar-refractivity contribution in [2.75, 3.05) is 26.2 Å². The van der Waals surface area contributed by atoms with E-state index in [1.54, 1.807) is 9.58 Å². The van der Waals surface area contributed by atoms with E-state index in [1.165, 1.54) is 5.56 Å². The molecule has 1 N–H and O–H groups in total. The Labute approximate surface area is 158 Å². The van der Waals surface area contributed by atoms with Crippen molar-refractivity contribution in [3.63, 3.8) is 0 Å².